The molecule has 3 amide bonds. The average Bonchev–Trinajstić information content (AvgIpc) is 2.93. The summed E-state index contributed by atoms with van der Waals surface area (Å²) in [5.41, 5.74) is 3.74. The van der Waals surface area contributed by atoms with Crippen molar-refractivity contribution in [2.75, 3.05) is 6.61 Å². The Morgan fingerprint density at radius 3 is 2.48 bits per heavy atom. The van der Waals surface area contributed by atoms with E-state index in [2.05, 4.69) is 19.2 Å². The predicted molar refractivity (Wildman–Crippen MR) is 110 cm³/mol. The highest BCUT2D eigenvalue weighted by molar-refractivity contribution is 6.14. The molecule has 3 rings (SSSR count). The van der Waals surface area contributed by atoms with Crippen molar-refractivity contribution in [1.29, 1.82) is 0 Å². The van der Waals surface area contributed by atoms with Crippen LogP contribution in [0.4, 0.5) is 9.18 Å². The van der Waals surface area contributed by atoms with Crippen LogP contribution >= 0.6 is 0 Å². The number of carbonyl (C=O) groups excluding carboxylic acids is 2. The van der Waals surface area contributed by atoms with E-state index in [0.29, 0.717) is 12.2 Å². The molecule has 1 fully saturated rings. The fraction of sp³-hybridized carbons (Fsp3) is 0.304. The van der Waals surface area contributed by atoms with Crippen molar-refractivity contribution in [2.45, 2.75) is 40.2 Å². The number of imide groups is 1. The molecular weight excluding hydrogens is 371 g/mol. The maximum atomic E-state index is 13.1. The average molecular weight is 396 g/mol. The van der Waals surface area contributed by atoms with Gasteiger partial charge in [-0.2, -0.15) is 0 Å². The van der Waals surface area contributed by atoms with Crippen LogP contribution in [0.2, 0.25) is 0 Å². The molecule has 1 aliphatic rings. The molecule has 0 aromatic heterocycles. The van der Waals surface area contributed by atoms with Gasteiger partial charge >= 0.3 is 6.03 Å². The van der Waals surface area contributed by atoms with Crippen molar-refractivity contribution >= 4 is 18.0 Å². The van der Waals surface area contributed by atoms with Gasteiger partial charge in [0.25, 0.3) is 5.91 Å². The van der Waals surface area contributed by atoms with Crippen LogP contribution in [0.15, 0.2) is 42.1 Å². The Labute approximate surface area is 170 Å². The summed E-state index contributed by atoms with van der Waals surface area (Å²) in [6.45, 7) is 8.71. The number of halogens is 1. The third-order valence-electron chi connectivity index (χ3n) is 4.84. The first-order chi connectivity index (χ1) is 13.8. The summed E-state index contributed by atoms with van der Waals surface area (Å²) in [4.78, 5) is 26.2. The fourth-order valence-electron chi connectivity index (χ4n) is 3.25. The molecule has 0 radical (unpaired) electrons. The molecule has 6 heteroatoms. The number of aryl methyl sites for hydroxylation is 1. The minimum atomic E-state index is -0.488. The quantitative estimate of drug-likeness (QED) is 0.566. The third-order valence-corrected chi connectivity index (χ3v) is 4.84. The van der Waals surface area contributed by atoms with Crippen LogP contribution in [0.5, 0.6) is 5.75 Å². The van der Waals surface area contributed by atoms with E-state index in [1.54, 1.807) is 18.2 Å². The minimum absolute atomic E-state index is 0.0851. The Morgan fingerprint density at radius 2 is 1.86 bits per heavy atom. The van der Waals surface area contributed by atoms with Gasteiger partial charge < -0.3 is 10.1 Å². The Morgan fingerprint density at radius 1 is 1.17 bits per heavy atom. The summed E-state index contributed by atoms with van der Waals surface area (Å²) in [7, 11) is 0. The van der Waals surface area contributed by atoms with Crippen LogP contribution in [0.1, 0.15) is 48.9 Å². The van der Waals surface area contributed by atoms with E-state index in [4.69, 9.17) is 4.74 Å². The number of hydrogen-bond donors (Lipinski definition) is 1. The molecule has 152 valence electrons. The molecule has 2 aromatic carbocycles. The number of rotatable bonds is 6. The summed E-state index contributed by atoms with van der Waals surface area (Å²) >= 11 is 0. The summed E-state index contributed by atoms with van der Waals surface area (Å²) in [6.07, 6.45) is 1.70. The predicted octanol–water partition coefficient (Wildman–Crippen LogP) is 4.75. The molecule has 0 unspecified atom stereocenters. The number of amides is 3. The monoisotopic (exact) mass is 396 g/mol. The second kappa shape index (κ2) is 8.47. The lowest BCUT2D eigenvalue weighted by atomic mass is 9.96. The second-order valence-corrected chi connectivity index (χ2v) is 7.34. The lowest BCUT2D eigenvalue weighted by molar-refractivity contribution is -0.123. The maximum Gasteiger partial charge on any atom is 0.329 e. The minimum Gasteiger partial charge on any atom is -0.494 e. The van der Waals surface area contributed by atoms with E-state index in [-0.39, 0.29) is 24.0 Å². The van der Waals surface area contributed by atoms with Gasteiger partial charge in [0.2, 0.25) is 0 Å². The SMILES string of the molecule is CCOc1cc(C)c(/C=C2\NC(=O)N(Cc3ccc(F)cc3)C2=O)cc1C(C)C. The van der Waals surface area contributed by atoms with Gasteiger partial charge in [0.05, 0.1) is 13.2 Å². The van der Waals surface area contributed by atoms with E-state index < -0.39 is 11.9 Å². The second-order valence-electron chi connectivity index (χ2n) is 7.34. The molecule has 1 N–H and O–H groups in total. The van der Waals surface area contributed by atoms with E-state index in [1.165, 1.54) is 12.1 Å². The largest absolute Gasteiger partial charge is 0.494 e. The van der Waals surface area contributed by atoms with E-state index in [9.17, 15) is 14.0 Å². The number of ether oxygens (including phenoxy) is 1. The molecule has 0 atom stereocenters. The van der Waals surface area contributed by atoms with Crippen molar-refractivity contribution in [3.05, 3.63) is 70.2 Å². The van der Waals surface area contributed by atoms with Crippen LogP contribution < -0.4 is 10.1 Å². The zero-order valence-electron chi connectivity index (χ0n) is 17.1. The number of nitrogens with one attached hydrogen (secondary N) is 1. The first-order valence-corrected chi connectivity index (χ1v) is 9.66. The van der Waals surface area contributed by atoms with Gasteiger partial charge in [0.15, 0.2) is 0 Å². The van der Waals surface area contributed by atoms with Crippen molar-refractivity contribution < 1.29 is 18.7 Å². The maximum absolute atomic E-state index is 13.1. The summed E-state index contributed by atoms with van der Waals surface area (Å²) in [5.74, 6) is 0.317. The molecule has 0 bridgehead atoms. The number of nitrogens with zero attached hydrogens (tertiary/aromatic N) is 1. The lowest BCUT2D eigenvalue weighted by Crippen LogP contribution is -2.30. The first kappa shape index (κ1) is 20.6. The number of carbonyl (C=O) groups is 2. The highest BCUT2D eigenvalue weighted by Crippen LogP contribution is 2.31. The standard InChI is InChI=1S/C23H25FN2O3/c1-5-29-21-10-15(4)17(11-19(21)14(2)3)12-20-22(27)26(23(28)25-20)13-16-6-8-18(24)9-7-16/h6-12,14H,5,13H2,1-4H3,(H,25,28)/b20-12-. The van der Waals surface area contributed by atoms with E-state index in [0.717, 1.165) is 27.3 Å². The van der Waals surface area contributed by atoms with E-state index >= 15 is 0 Å². The van der Waals surface area contributed by atoms with Crippen LogP contribution in [0.3, 0.4) is 0 Å². The van der Waals surface area contributed by atoms with Gasteiger partial charge in [0, 0.05) is 0 Å². The Balaban J connectivity index is 1.89. The molecule has 2 aromatic rings. The topological polar surface area (TPSA) is 58.6 Å². The smallest absolute Gasteiger partial charge is 0.329 e. The van der Waals surface area contributed by atoms with Crippen LogP contribution in [-0.4, -0.2) is 23.4 Å². The Hall–Kier alpha value is -3.15. The zero-order valence-corrected chi connectivity index (χ0v) is 17.1. The highest BCUT2D eigenvalue weighted by atomic mass is 19.1. The third kappa shape index (κ3) is 4.47. The molecule has 1 heterocycles. The van der Waals surface area contributed by atoms with E-state index in [1.807, 2.05) is 26.0 Å². The molecule has 0 saturated carbocycles. The van der Waals surface area contributed by atoms with Gasteiger partial charge in [-0.1, -0.05) is 26.0 Å². The summed E-state index contributed by atoms with van der Waals surface area (Å²) in [5, 5.41) is 2.64. The molecule has 0 spiro atoms. The lowest BCUT2D eigenvalue weighted by Gasteiger charge is -2.16. The van der Waals surface area contributed by atoms with Crippen molar-refractivity contribution in [2.24, 2.45) is 0 Å². The van der Waals surface area contributed by atoms with Gasteiger partial charge in [-0.25, -0.2) is 9.18 Å². The van der Waals surface area contributed by atoms with Crippen molar-refractivity contribution in [3.63, 3.8) is 0 Å². The highest BCUT2D eigenvalue weighted by Gasteiger charge is 2.33. The Kier molecular flexibility index (Phi) is 6.01. The number of benzene rings is 2. The molecule has 1 aliphatic heterocycles. The molecule has 1 saturated heterocycles. The van der Waals surface area contributed by atoms with Crippen molar-refractivity contribution in [3.8, 4) is 5.75 Å². The zero-order chi connectivity index (χ0) is 21.1. The van der Waals surface area contributed by atoms with Crippen LogP contribution in [0, 0.1) is 12.7 Å². The van der Waals surface area contributed by atoms with Crippen LogP contribution in [-0.2, 0) is 11.3 Å². The number of urea groups is 1. The molecule has 5 nitrogen and oxygen atoms in total. The van der Waals surface area contributed by atoms with Crippen molar-refractivity contribution in [1.82, 2.24) is 10.2 Å². The molecular formula is C23H25FN2O3. The summed E-state index contributed by atoms with van der Waals surface area (Å²) in [6, 6.07) is 9.20. The van der Waals surface area contributed by atoms with Gasteiger partial charge in [-0.05, 0) is 72.4 Å². The Bertz CT molecular complexity index is 965. The first-order valence-electron chi connectivity index (χ1n) is 9.66. The number of hydrogen-bond acceptors (Lipinski definition) is 3. The van der Waals surface area contributed by atoms with Gasteiger partial charge in [-0.3, -0.25) is 9.69 Å². The van der Waals surface area contributed by atoms with Gasteiger partial charge in [-0.15, -0.1) is 0 Å². The fourth-order valence-corrected chi connectivity index (χ4v) is 3.25. The van der Waals surface area contributed by atoms with Crippen LogP contribution in [0.25, 0.3) is 6.08 Å². The van der Waals surface area contributed by atoms with Gasteiger partial charge in [0.1, 0.15) is 17.3 Å². The summed E-state index contributed by atoms with van der Waals surface area (Å²) < 4.78 is 18.8. The molecule has 29 heavy (non-hydrogen) atoms. The normalized spacial score (nSPS) is 15.4. The molecule has 0 aliphatic carbocycles.